The number of nitrogens with one attached hydrogen (secondary N) is 1. The Balaban J connectivity index is 1.56. The number of nitrogens with zero attached hydrogens (tertiary/aromatic N) is 1. The molecule has 20 heavy (non-hydrogen) atoms. The van der Waals surface area contributed by atoms with E-state index in [2.05, 4.69) is 16.5 Å². The highest BCUT2D eigenvalue weighted by molar-refractivity contribution is 5.92. The second kappa shape index (κ2) is 5.36. The van der Waals surface area contributed by atoms with E-state index in [1.54, 1.807) is 13.0 Å². The first kappa shape index (κ1) is 12.7. The number of aromatic nitrogens is 1. The second-order valence-electron chi connectivity index (χ2n) is 5.02. The van der Waals surface area contributed by atoms with Gasteiger partial charge in [0.05, 0.1) is 6.61 Å². The Morgan fingerprint density at radius 2 is 2.30 bits per heavy atom. The van der Waals surface area contributed by atoms with Gasteiger partial charge in [-0.3, -0.25) is 4.79 Å². The minimum absolute atomic E-state index is 0.208. The number of hydrogen-bond acceptors (Lipinski definition) is 4. The number of amides is 1. The minimum Gasteiger partial charge on any atom is -0.493 e. The summed E-state index contributed by atoms with van der Waals surface area (Å²) in [6, 6.07) is 9.63. The first-order valence-electron chi connectivity index (χ1n) is 6.64. The SMILES string of the molecule is Cc1cc(C(=O)NC[C@H]2COc3ccccc3C2)no1. The van der Waals surface area contributed by atoms with Crippen LogP contribution in [0.25, 0.3) is 0 Å². The molecule has 1 aromatic heterocycles. The minimum atomic E-state index is -0.208. The average molecular weight is 272 g/mol. The molecule has 0 bridgehead atoms. The average Bonchev–Trinajstić information content (AvgIpc) is 2.91. The Labute approximate surface area is 116 Å². The summed E-state index contributed by atoms with van der Waals surface area (Å²) in [4.78, 5) is 11.9. The van der Waals surface area contributed by atoms with Crippen molar-refractivity contribution in [2.24, 2.45) is 5.92 Å². The van der Waals surface area contributed by atoms with E-state index in [0.29, 0.717) is 24.6 Å². The van der Waals surface area contributed by atoms with E-state index in [-0.39, 0.29) is 11.8 Å². The maximum absolute atomic E-state index is 11.9. The van der Waals surface area contributed by atoms with Crippen LogP contribution in [-0.4, -0.2) is 24.2 Å². The third-order valence-electron chi connectivity index (χ3n) is 3.37. The predicted octanol–water partition coefficient (Wildman–Crippen LogP) is 1.96. The fourth-order valence-corrected chi connectivity index (χ4v) is 2.32. The van der Waals surface area contributed by atoms with Gasteiger partial charge in [0.25, 0.3) is 5.91 Å². The lowest BCUT2D eigenvalue weighted by atomic mass is 9.97. The molecule has 1 amide bonds. The molecule has 1 aliphatic rings. The number of hydrogen-bond donors (Lipinski definition) is 1. The van der Waals surface area contributed by atoms with Crippen molar-refractivity contribution in [1.29, 1.82) is 0 Å². The molecule has 3 rings (SSSR count). The molecule has 0 spiro atoms. The van der Waals surface area contributed by atoms with Crippen LogP contribution in [-0.2, 0) is 6.42 Å². The van der Waals surface area contributed by atoms with E-state index in [9.17, 15) is 4.79 Å². The van der Waals surface area contributed by atoms with Crippen molar-refractivity contribution >= 4 is 5.91 Å². The van der Waals surface area contributed by atoms with Gasteiger partial charge >= 0.3 is 0 Å². The zero-order valence-corrected chi connectivity index (χ0v) is 11.3. The number of carbonyl (C=O) groups is 1. The van der Waals surface area contributed by atoms with Gasteiger partial charge in [0.1, 0.15) is 11.5 Å². The Hall–Kier alpha value is -2.30. The van der Waals surface area contributed by atoms with E-state index in [0.717, 1.165) is 12.2 Å². The normalized spacial score (nSPS) is 17.1. The molecule has 5 nitrogen and oxygen atoms in total. The summed E-state index contributed by atoms with van der Waals surface area (Å²) >= 11 is 0. The maximum Gasteiger partial charge on any atom is 0.273 e. The van der Waals surface area contributed by atoms with Crippen LogP contribution in [0.4, 0.5) is 0 Å². The molecular formula is C15H16N2O3. The largest absolute Gasteiger partial charge is 0.493 e. The van der Waals surface area contributed by atoms with Crippen molar-refractivity contribution in [3.63, 3.8) is 0 Å². The molecule has 1 aliphatic heterocycles. The molecule has 0 saturated heterocycles. The van der Waals surface area contributed by atoms with Crippen LogP contribution >= 0.6 is 0 Å². The first-order valence-corrected chi connectivity index (χ1v) is 6.64. The van der Waals surface area contributed by atoms with Gasteiger partial charge < -0.3 is 14.6 Å². The molecular weight excluding hydrogens is 256 g/mol. The molecule has 104 valence electrons. The Bertz CT molecular complexity index is 621. The molecule has 5 heteroatoms. The van der Waals surface area contributed by atoms with Crippen molar-refractivity contribution < 1.29 is 14.1 Å². The lowest BCUT2D eigenvalue weighted by molar-refractivity contribution is 0.0930. The monoisotopic (exact) mass is 272 g/mol. The number of benzene rings is 1. The van der Waals surface area contributed by atoms with Crippen LogP contribution in [0.1, 0.15) is 21.8 Å². The highest BCUT2D eigenvalue weighted by Gasteiger charge is 2.20. The molecule has 0 radical (unpaired) electrons. The Kier molecular flexibility index (Phi) is 3.41. The molecule has 0 aliphatic carbocycles. The van der Waals surface area contributed by atoms with E-state index < -0.39 is 0 Å². The van der Waals surface area contributed by atoms with Gasteiger partial charge in [-0.05, 0) is 25.0 Å². The van der Waals surface area contributed by atoms with Crippen LogP contribution in [0.5, 0.6) is 5.75 Å². The summed E-state index contributed by atoms with van der Waals surface area (Å²) in [6.45, 7) is 2.95. The molecule has 2 heterocycles. The van der Waals surface area contributed by atoms with Gasteiger partial charge in [0, 0.05) is 18.5 Å². The van der Waals surface area contributed by atoms with Crippen LogP contribution in [0, 0.1) is 12.8 Å². The lowest BCUT2D eigenvalue weighted by Crippen LogP contribution is -2.34. The summed E-state index contributed by atoms with van der Waals surface area (Å²) in [5, 5.41) is 6.57. The van der Waals surface area contributed by atoms with E-state index in [1.165, 1.54) is 5.56 Å². The fraction of sp³-hybridized carbons (Fsp3) is 0.333. The van der Waals surface area contributed by atoms with Crippen molar-refractivity contribution in [3.05, 3.63) is 47.3 Å². The molecule has 0 fully saturated rings. The lowest BCUT2D eigenvalue weighted by Gasteiger charge is -2.25. The number of carbonyl (C=O) groups excluding carboxylic acids is 1. The smallest absolute Gasteiger partial charge is 0.273 e. The number of aryl methyl sites for hydroxylation is 1. The molecule has 1 N–H and O–H groups in total. The fourth-order valence-electron chi connectivity index (χ4n) is 2.32. The van der Waals surface area contributed by atoms with Crippen molar-refractivity contribution in [3.8, 4) is 5.75 Å². The van der Waals surface area contributed by atoms with E-state index in [1.807, 2.05) is 18.2 Å². The summed E-state index contributed by atoms with van der Waals surface area (Å²) < 4.78 is 10.6. The number of fused-ring (bicyclic) bond motifs is 1. The van der Waals surface area contributed by atoms with Crippen LogP contribution in [0.15, 0.2) is 34.9 Å². The van der Waals surface area contributed by atoms with Crippen LogP contribution in [0.3, 0.4) is 0 Å². The predicted molar refractivity (Wildman–Crippen MR) is 72.7 cm³/mol. The van der Waals surface area contributed by atoms with Crippen molar-refractivity contribution in [2.75, 3.05) is 13.2 Å². The van der Waals surface area contributed by atoms with Crippen LogP contribution in [0.2, 0.25) is 0 Å². The molecule has 0 saturated carbocycles. The zero-order chi connectivity index (χ0) is 13.9. The Morgan fingerprint density at radius 3 is 3.10 bits per heavy atom. The number of ether oxygens (including phenoxy) is 1. The van der Waals surface area contributed by atoms with Crippen LogP contribution < -0.4 is 10.1 Å². The van der Waals surface area contributed by atoms with Crippen molar-refractivity contribution in [1.82, 2.24) is 10.5 Å². The Morgan fingerprint density at radius 1 is 1.45 bits per heavy atom. The molecule has 2 aromatic rings. The van der Waals surface area contributed by atoms with E-state index in [4.69, 9.17) is 9.26 Å². The second-order valence-corrected chi connectivity index (χ2v) is 5.02. The van der Waals surface area contributed by atoms with Gasteiger partial charge in [-0.15, -0.1) is 0 Å². The first-order chi connectivity index (χ1) is 9.72. The number of para-hydroxylation sites is 1. The number of rotatable bonds is 3. The van der Waals surface area contributed by atoms with Gasteiger partial charge in [-0.25, -0.2) is 0 Å². The maximum atomic E-state index is 11.9. The molecule has 1 atom stereocenters. The summed E-state index contributed by atoms with van der Waals surface area (Å²) in [5.41, 5.74) is 1.51. The third-order valence-corrected chi connectivity index (χ3v) is 3.37. The highest BCUT2D eigenvalue weighted by Crippen LogP contribution is 2.26. The van der Waals surface area contributed by atoms with Gasteiger partial charge in [-0.1, -0.05) is 23.4 Å². The van der Waals surface area contributed by atoms with Gasteiger partial charge in [0.15, 0.2) is 5.69 Å². The standard InChI is InChI=1S/C15H16N2O3/c1-10-6-13(17-20-10)15(18)16-8-11-7-12-4-2-3-5-14(12)19-9-11/h2-6,11H,7-9H2,1H3,(H,16,18)/t11-/m0/s1. The summed E-state index contributed by atoms with van der Waals surface area (Å²) in [7, 11) is 0. The topological polar surface area (TPSA) is 64.4 Å². The third kappa shape index (κ3) is 2.66. The quantitative estimate of drug-likeness (QED) is 0.927. The highest BCUT2D eigenvalue weighted by atomic mass is 16.5. The summed E-state index contributed by atoms with van der Waals surface area (Å²) in [5.74, 6) is 1.65. The molecule has 1 aromatic carbocycles. The van der Waals surface area contributed by atoms with Gasteiger partial charge in [-0.2, -0.15) is 0 Å². The van der Waals surface area contributed by atoms with Gasteiger partial charge in [0.2, 0.25) is 0 Å². The van der Waals surface area contributed by atoms with Crippen molar-refractivity contribution in [2.45, 2.75) is 13.3 Å². The zero-order valence-electron chi connectivity index (χ0n) is 11.3. The molecule has 0 unspecified atom stereocenters. The van der Waals surface area contributed by atoms with E-state index >= 15 is 0 Å². The summed E-state index contributed by atoms with van der Waals surface area (Å²) in [6.07, 6.45) is 0.911.